The molecule has 3 aliphatic rings. The first kappa shape index (κ1) is 15.1. The van der Waals surface area contributed by atoms with E-state index in [-0.39, 0.29) is 18.1 Å². The zero-order chi connectivity index (χ0) is 16.0. The molecule has 3 heterocycles. The van der Waals surface area contributed by atoms with E-state index >= 15 is 0 Å². The van der Waals surface area contributed by atoms with E-state index in [2.05, 4.69) is 14.9 Å². The van der Waals surface area contributed by atoms with Gasteiger partial charge < -0.3 is 14.5 Å². The Labute approximate surface area is 137 Å². The van der Waals surface area contributed by atoms with E-state index in [1.54, 1.807) is 10.9 Å². The van der Waals surface area contributed by atoms with Crippen molar-refractivity contribution in [3.8, 4) is 0 Å². The third kappa shape index (κ3) is 2.78. The van der Waals surface area contributed by atoms with Gasteiger partial charge in [0.1, 0.15) is 5.69 Å². The number of ether oxygens (including phenoxy) is 1. The van der Waals surface area contributed by atoms with Gasteiger partial charge in [0, 0.05) is 52.5 Å². The van der Waals surface area contributed by atoms with Crippen LogP contribution in [0.25, 0.3) is 0 Å². The number of methoxy groups -OCH3 is 1. The molecule has 6 heteroatoms. The van der Waals surface area contributed by atoms with E-state index in [0.29, 0.717) is 11.6 Å². The fourth-order valence-corrected chi connectivity index (χ4v) is 4.33. The lowest BCUT2D eigenvalue weighted by Gasteiger charge is -2.41. The highest BCUT2D eigenvalue weighted by atomic mass is 16.5. The molecule has 1 amide bonds. The Kier molecular flexibility index (Phi) is 3.89. The number of aryl methyl sites for hydroxylation is 1. The van der Waals surface area contributed by atoms with Crippen LogP contribution in [0.3, 0.4) is 0 Å². The lowest BCUT2D eigenvalue weighted by molar-refractivity contribution is -0.0160. The van der Waals surface area contributed by atoms with Gasteiger partial charge in [-0.25, -0.2) is 0 Å². The molecule has 3 fully saturated rings. The number of nitrogens with zero attached hydrogens (tertiary/aromatic N) is 4. The maximum absolute atomic E-state index is 13.0. The van der Waals surface area contributed by atoms with E-state index in [0.717, 1.165) is 32.0 Å². The first-order valence-electron chi connectivity index (χ1n) is 8.71. The average Bonchev–Trinajstić information content (AvgIpc) is 3.08. The zero-order valence-electron chi connectivity index (χ0n) is 14.0. The number of hydrogen-bond acceptors (Lipinski definition) is 4. The number of likely N-dealkylation sites (tertiary alicyclic amines) is 2. The van der Waals surface area contributed by atoms with Crippen LogP contribution in [0, 0.1) is 11.8 Å². The maximum Gasteiger partial charge on any atom is 0.272 e. The van der Waals surface area contributed by atoms with Gasteiger partial charge in [-0.1, -0.05) is 0 Å². The SMILES string of the molecule is CO[C@@H]1CCN(C(=O)c2ccnn2C)[C@H]2CN(CC3CC3)C[C@@H]12. The highest BCUT2D eigenvalue weighted by Crippen LogP contribution is 2.36. The summed E-state index contributed by atoms with van der Waals surface area (Å²) in [5, 5.41) is 4.15. The topological polar surface area (TPSA) is 50.6 Å². The Hall–Kier alpha value is -1.40. The van der Waals surface area contributed by atoms with Crippen molar-refractivity contribution in [1.82, 2.24) is 19.6 Å². The molecule has 4 rings (SSSR count). The number of rotatable bonds is 4. The van der Waals surface area contributed by atoms with E-state index < -0.39 is 0 Å². The number of amides is 1. The number of carbonyl (C=O) groups excluding carboxylic acids is 1. The molecule has 0 radical (unpaired) electrons. The number of hydrogen-bond donors (Lipinski definition) is 0. The highest BCUT2D eigenvalue weighted by molar-refractivity contribution is 5.92. The van der Waals surface area contributed by atoms with Gasteiger partial charge in [-0.2, -0.15) is 5.10 Å². The van der Waals surface area contributed by atoms with Crippen molar-refractivity contribution in [1.29, 1.82) is 0 Å². The Morgan fingerprint density at radius 1 is 1.35 bits per heavy atom. The van der Waals surface area contributed by atoms with Crippen molar-refractivity contribution in [2.75, 3.05) is 33.3 Å². The Morgan fingerprint density at radius 3 is 2.83 bits per heavy atom. The molecule has 0 unspecified atom stereocenters. The molecule has 0 N–H and O–H groups in total. The molecule has 1 saturated carbocycles. The monoisotopic (exact) mass is 318 g/mol. The summed E-state index contributed by atoms with van der Waals surface area (Å²) in [5.74, 6) is 1.44. The van der Waals surface area contributed by atoms with Crippen molar-refractivity contribution in [3.63, 3.8) is 0 Å². The number of aromatic nitrogens is 2. The molecular weight excluding hydrogens is 292 g/mol. The molecule has 1 aromatic heterocycles. The second kappa shape index (κ2) is 5.91. The molecule has 2 aliphatic heterocycles. The summed E-state index contributed by atoms with van der Waals surface area (Å²) >= 11 is 0. The molecule has 0 spiro atoms. The van der Waals surface area contributed by atoms with Gasteiger partial charge in [0.25, 0.3) is 5.91 Å². The van der Waals surface area contributed by atoms with Crippen LogP contribution in [0.5, 0.6) is 0 Å². The summed E-state index contributed by atoms with van der Waals surface area (Å²) in [7, 11) is 3.64. The predicted octanol–water partition coefficient (Wildman–Crippen LogP) is 0.991. The fraction of sp³-hybridized carbons (Fsp3) is 0.765. The summed E-state index contributed by atoms with van der Waals surface area (Å²) in [5.41, 5.74) is 0.681. The van der Waals surface area contributed by atoms with Crippen LogP contribution < -0.4 is 0 Å². The molecule has 2 saturated heterocycles. The molecule has 126 valence electrons. The standard InChI is InChI=1S/C17H26N4O2/c1-19-14(5-7-18-19)17(22)21-8-6-16(23-2)13-10-20(11-15(13)21)9-12-3-4-12/h5,7,12-13,15-16H,3-4,6,8-11H2,1-2H3/t13-,15+,16-/m1/s1. The minimum atomic E-state index is 0.114. The van der Waals surface area contributed by atoms with E-state index in [1.165, 1.54) is 19.4 Å². The molecule has 1 aromatic rings. The van der Waals surface area contributed by atoms with Crippen LogP contribution in [0.4, 0.5) is 0 Å². The molecule has 1 aliphatic carbocycles. The fourth-order valence-electron chi connectivity index (χ4n) is 4.33. The normalized spacial score (nSPS) is 31.4. The molecular formula is C17H26N4O2. The van der Waals surface area contributed by atoms with E-state index in [1.807, 2.05) is 20.2 Å². The average molecular weight is 318 g/mol. The first-order chi connectivity index (χ1) is 11.2. The summed E-state index contributed by atoms with van der Waals surface area (Å²) in [6.45, 7) is 4.03. The van der Waals surface area contributed by atoms with Crippen molar-refractivity contribution in [3.05, 3.63) is 18.0 Å². The molecule has 0 aromatic carbocycles. The second-order valence-corrected chi connectivity index (χ2v) is 7.29. The van der Waals surface area contributed by atoms with E-state index in [4.69, 9.17) is 4.74 Å². The molecule has 3 atom stereocenters. The predicted molar refractivity (Wildman–Crippen MR) is 86.1 cm³/mol. The molecule has 6 nitrogen and oxygen atoms in total. The number of piperidine rings is 1. The lowest BCUT2D eigenvalue weighted by Crippen LogP contribution is -2.53. The minimum absolute atomic E-state index is 0.114. The third-order valence-corrected chi connectivity index (χ3v) is 5.76. The van der Waals surface area contributed by atoms with Crippen LogP contribution in [0.1, 0.15) is 29.8 Å². The maximum atomic E-state index is 13.0. The quantitative estimate of drug-likeness (QED) is 0.831. The molecule has 0 bridgehead atoms. The third-order valence-electron chi connectivity index (χ3n) is 5.76. The minimum Gasteiger partial charge on any atom is -0.381 e. The van der Waals surface area contributed by atoms with Crippen LogP contribution in [0.15, 0.2) is 12.3 Å². The van der Waals surface area contributed by atoms with Crippen molar-refractivity contribution >= 4 is 5.91 Å². The van der Waals surface area contributed by atoms with E-state index in [9.17, 15) is 4.79 Å². The van der Waals surface area contributed by atoms with Gasteiger partial charge in [-0.3, -0.25) is 9.48 Å². The van der Waals surface area contributed by atoms with Crippen LogP contribution in [-0.2, 0) is 11.8 Å². The van der Waals surface area contributed by atoms with Crippen LogP contribution in [0.2, 0.25) is 0 Å². The smallest absolute Gasteiger partial charge is 0.272 e. The molecule has 23 heavy (non-hydrogen) atoms. The zero-order valence-corrected chi connectivity index (χ0v) is 14.0. The van der Waals surface area contributed by atoms with Crippen LogP contribution in [-0.4, -0.2) is 70.9 Å². The Morgan fingerprint density at radius 2 is 2.17 bits per heavy atom. The summed E-state index contributed by atoms with van der Waals surface area (Å²) in [4.78, 5) is 17.6. The summed E-state index contributed by atoms with van der Waals surface area (Å²) in [6, 6.07) is 2.09. The van der Waals surface area contributed by atoms with Gasteiger partial charge in [-0.05, 0) is 31.2 Å². The Balaban J connectivity index is 1.53. The number of carbonyl (C=O) groups is 1. The van der Waals surface area contributed by atoms with Crippen molar-refractivity contribution in [2.24, 2.45) is 18.9 Å². The van der Waals surface area contributed by atoms with Gasteiger partial charge >= 0.3 is 0 Å². The largest absolute Gasteiger partial charge is 0.381 e. The van der Waals surface area contributed by atoms with Crippen LogP contribution >= 0.6 is 0 Å². The van der Waals surface area contributed by atoms with Gasteiger partial charge in [-0.15, -0.1) is 0 Å². The van der Waals surface area contributed by atoms with Gasteiger partial charge in [0.2, 0.25) is 0 Å². The highest BCUT2D eigenvalue weighted by Gasteiger charge is 2.47. The van der Waals surface area contributed by atoms with Gasteiger partial charge in [0.15, 0.2) is 0 Å². The summed E-state index contributed by atoms with van der Waals surface area (Å²) in [6.07, 6.45) is 5.65. The van der Waals surface area contributed by atoms with Gasteiger partial charge in [0.05, 0.1) is 12.1 Å². The van der Waals surface area contributed by atoms with Crippen molar-refractivity contribution < 1.29 is 9.53 Å². The second-order valence-electron chi connectivity index (χ2n) is 7.29. The summed E-state index contributed by atoms with van der Waals surface area (Å²) < 4.78 is 7.41. The lowest BCUT2D eigenvalue weighted by atomic mass is 9.88. The Bertz CT molecular complexity index is 583. The first-order valence-corrected chi connectivity index (χ1v) is 8.71. The van der Waals surface area contributed by atoms with Crippen molar-refractivity contribution in [2.45, 2.75) is 31.4 Å². The number of fused-ring (bicyclic) bond motifs is 1.